The van der Waals surface area contributed by atoms with E-state index in [9.17, 15) is 9.90 Å². The third-order valence-corrected chi connectivity index (χ3v) is 3.56. The van der Waals surface area contributed by atoms with Crippen molar-refractivity contribution in [1.82, 2.24) is 4.90 Å². The zero-order chi connectivity index (χ0) is 12.4. The van der Waals surface area contributed by atoms with Crippen molar-refractivity contribution in [3.63, 3.8) is 0 Å². The molecule has 1 N–H and O–H groups in total. The fraction of sp³-hybridized carbons (Fsp3) is 0.615. The molecule has 2 aliphatic heterocycles. The zero-order valence-electron chi connectivity index (χ0n) is 10.3. The van der Waals surface area contributed by atoms with Crippen LogP contribution < -0.4 is 0 Å². The smallest absolute Gasteiger partial charge is 0.333 e. The van der Waals surface area contributed by atoms with E-state index in [2.05, 4.69) is 11.0 Å². The summed E-state index contributed by atoms with van der Waals surface area (Å²) in [6.45, 7) is 5.63. The molecule has 17 heavy (non-hydrogen) atoms. The largest absolute Gasteiger partial charge is 0.458 e. The number of carbonyl (C=O) groups is 1. The normalized spacial score (nSPS) is 29.1. The van der Waals surface area contributed by atoms with Gasteiger partial charge in [-0.3, -0.25) is 4.90 Å². The summed E-state index contributed by atoms with van der Waals surface area (Å²) in [6.07, 6.45) is 4.29. The van der Waals surface area contributed by atoms with E-state index < -0.39 is 0 Å². The first-order chi connectivity index (χ1) is 8.13. The highest BCUT2D eigenvalue weighted by Gasteiger charge is 2.38. The monoisotopic (exact) mass is 237 g/mol. The number of ether oxygens (including phenoxy) is 1. The first-order valence-corrected chi connectivity index (χ1v) is 6.04. The maximum atomic E-state index is 11.5. The first kappa shape index (κ1) is 12.3. The molecular weight excluding hydrogens is 218 g/mol. The van der Waals surface area contributed by atoms with Gasteiger partial charge in [-0.2, -0.15) is 0 Å². The van der Waals surface area contributed by atoms with Crippen molar-refractivity contribution in [2.75, 3.05) is 19.7 Å². The van der Waals surface area contributed by atoms with E-state index in [-0.39, 0.29) is 18.1 Å². The summed E-state index contributed by atoms with van der Waals surface area (Å²) < 4.78 is 5.22. The van der Waals surface area contributed by atoms with Gasteiger partial charge < -0.3 is 9.84 Å². The number of hydrogen-bond donors (Lipinski definition) is 1. The second-order valence-corrected chi connectivity index (χ2v) is 4.62. The zero-order valence-corrected chi connectivity index (χ0v) is 10.3. The van der Waals surface area contributed by atoms with E-state index in [0.29, 0.717) is 12.2 Å². The van der Waals surface area contributed by atoms with Crippen molar-refractivity contribution in [2.24, 2.45) is 0 Å². The van der Waals surface area contributed by atoms with Crippen LogP contribution in [0.4, 0.5) is 0 Å². The van der Waals surface area contributed by atoms with E-state index in [1.54, 1.807) is 13.0 Å². The van der Waals surface area contributed by atoms with Gasteiger partial charge in [0.25, 0.3) is 0 Å². The molecule has 4 nitrogen and oxygen atoms in total. The lowest BCUT2D eigenvalue weighted by Crippen LogP contribution is -2.33. The van der Waals surface area contributed by atoms with Crippen LogP contribution in [0.2, 0.25) is 0 Å². The van der Waals surface area contributed by atoms with Gasteiger partial charge in [0, 0.05) is 18.7 Å². The predicted molar refractivity (Wildman–Crippen MR) is 64.5 cm³/mol. The van der Waals surface area contributed by atoms with E-state index in [0.717, 1.165) is 25.1 Å². The van der Waals surface area contributed by atoms with Gasteiger partial charge in [-0.25, -0.2) is 4.79 Å². The number of rotatable bonds is 3. The fourth-order valence-corrected chi connectivity index (χ4v) is 2.40. The summed E-state index contributed by atoms with van der Waals surface area (Å²) in [5, 5.41) is 9.86. The van der Waals surface area contributed by atoms with Crippen LogP contribution in [-0.2, 0) is 9.53 Å². The standard InChI is InChI=1S/C13H19NO3/c1-3-9(2)13(16)17-8-10-4-6-14-7-5-11(15)12(10)14/h3-4,11-12,15H,5-8H2,1-2H3/b9-3+/t11-,12?/m1/s1. The lowest BCUT2D eigenvalue weighted by atomic mass is 10.1. The molecule has 0 amide bonds. The Bertz CT molecular complexity index is 373. The Hall–Kier alpha value is -1.13. The Morgan fingerprint density at radius 2 is 2.47 bits per heavy atom. The molecule has 0 spiro atoms. The van der Waals surface area contributed by atoms with Gasteiger partial charge in [0.05, 0.1) is 12.1 Å². The van der Waals surface area contributed by atoms with Gasteiger partial charge in [-0.05, 0) is 25.8 Å². The minimum atomic E-state index is -0.315. The molecule has 1 fully saturated rings. The molecular formula is C13H19NO3. The molecule has 4 heteroatoms. The summed E-state index contributed by atoms with van der Waals surface area (Å²) in [7, 11) is 0. The molecule has 0 aromatic heterocycles. The summed E-state index contributed by atoms with van der Waals surface area (Å²) in [5.74, 6) is -0.278. The number of carbonyl (C=O) groups excluding carboxylic acids is 1. The molecule has 2 aliphatic rings. The minimum Gasteiger partial charge on any atom is -0.458 e. The van der Waals surface area contributed by atoms with Gasteiger partial charge in [0.1, 0.15) is 6.61 Å². The van der Waals surface area contributed by atoms with Crippen LogP contribution in [0.1, 0.15) is 20.3 Å². The van der Waals surface area contributed by atoms with Gasteiger partial charge in [-0.15, -0.1) is 0 Å². The van der Waals surface area contributed by atoms with Crippen LogP contribution in [0.5, 0.6) is 0 Å². The molecule has 2 heterocycles. The third kappa shape index (κ3) is 2.42. The molecule has 0 radical (unpaired) electrons. The first-order valence-electron chi connectivity index (χ1n) is 6.04. The topological polar surface area (TPSA) is 49.8 Å². The number of fused-ring (bicyclic) bond motifs is 1. The number of aliphatic hydroxyl groups excluding tert-OH is 1. The minimum absolute atomic E-state index is 0.0636. The average Bonchev–Trinajstić information content (AvgIpc) is 2.89. The second-order valence-electron chi connectivity index (χ2n) is 4.62. The molecule has 0 aliphatic carbocycles. The molecule has 1 unspecified atom stereocenters. The average molecular weight is 237 g/mol. The quantitative estimate of drug-likeness (QED) is 0.449. The summed E-state index contributed by atoms with van der Waals surface area (Å²) in [4.78, 5) is 13.7. The molecule has 0 saturated carbocycles. The van der Waals surface area contributed by atoms with E-state index >= 15 is 0 Å². The number of nitrogens with zero attached hydrogens (tertiary/aromatic N) is 1. The van der Waals surface area contributed by atoms with Crippen molar-refractivity contribution in [1.29, 1.82) is 0 Å². The Morgan fingerprint density at radius 3 is 3.18 bits per heavy atom. The van der Waals surface area contributed by atoms with Crippen LogP contribution in [0.3, 0.4) is 0 Å². The predicted octanol–water partition coefficient (Wildman–Crippen LogP) is 0.871. The third-order valence-electron chi connectivity index (χ3n) is 3.56. The SMILES string of the molecule is C/C=C(\C)C(=O)OCC1=CCN2CC[C@@H](O)C12. The molecule has 2 rings (SSSR count). The highest BCUT2D eigenvalue weighted by molar-refractivity contribution is 5.87. The van der Waals surface area contributed by atoms with Crippen LogP contribution in [0.15, 0.2) is 23.3 Å². The summed E-state index contributed by atoms with van der Waals surface area (Å²) >= 11 is 0. The second kappa shape index (κ2) is 5.02. The van der Waals surface area contributed by atoms with Crippen molar-refractivity contribution in [3.8, 4) is 0 Å². The van der Waals surface area contributed by atoms with Crippen LogP contribution in [0.25, 0.3) is 0 Å². The highest BCUT2D eigenvalue weighted by atomic mass is 16.5. The Morgan fingerprint density at radius 1 is 1.71 bits per heavy atom. The summed E-state index contributed by atoms with van der Waals surface area (Å²) in [5.41, 5.74) is 1.65. The van der Waals surface area contributed by atoms with E-state index in [1.165, 1.54) is 0 Å². The maximum Gasteiger partial charge on any atom is 0.333 e. The molecule has 2 atom stereocenters. The van der Waals surface area contributed by atoms with E-state index in [1.807, 2.05) is 6.92 Å². The van der Waals surface area contributed by atoms with Gasteiger partial charge >= 0.3 is 5.97 Å². The molecule has 0 bridgehead atoms. The van der Waals surface area contributed by atoms with E-state index in [4.69, 9.17) is 4.74 Å². The summed E-state index contributed by atoms with van der Waals surface area (Å²) in [6, 6.07) is 0.0636. The highest BCUT2D eigenvalue weighted by Crippen LogP contribution is 2.29. The van der Waals surface area contributed by atoms with Crippen LogP contribution in [0, 0.1) is 0 Å². The van der Waals surface area contributed by atoms with Crippen molar-refractivity contribution in [3.05, 3.63) is 23.3 Å². The number of aliphatic hydroxyl groups is 1. The lowest BCUT2D eigenvalue weighted by Gasteiger charge is -2.20. The van der Waals surface area contributed by atoms with Crippen LogP contribution >= 0.6 is 0 Å². The fourth-order valence-electron chi connectivity index (χ4n) is 2.40. The lowest BCUT2D eigenvalue weighted by molar-refractivity contribution is -0.138. The van der Waals surface area contributed by atoms with Crippen molar-refractivity contribution in [2.45, 2.75) is 32.4 Å². The van der Waals surface area contributed by atoms with Crippen molar-refractivity contribution >= 4 is 5.97 Å². The Kier molecular flexibility index (Phi) is 3.64. The van der Waals surface area contributed by atoms with Gasteiger partial charge in [0.15, 0.2) is 0 Å². The molecule has 94 valence electrons. The number of hydrogen-bond acceptors (Lipinski definition) is 4. The van der Waals surface area contributed by atoms with Gasteiger partial charge in [-0.1, -0.05) is 12.2 Å². The molecule has 1 saturated heterocycles. The maximum absolute atomic E-state index is 11.5. The van der Waals surface area contributed by atoms with Crippen LogP contribution in [-0.4, -0.2) is 47.8 Å². The molecule has 0 aromatic carbocycles. The number of esters is 1. The number of allylic oxidation sites excluding steroid dienone is 1. The molecule has 0 aromatic rings. The van der Waals surface area contributed by atoms with Crippen molar-refractivity contribution < 1.29 is 14.6 Å². The Labute approximate surface area is 102 Å². The van der Waals surface area contributed by atoms with Gasteiger partial charge in [0.2, 0.25) is 0 Å². The Balaban J connectivity index is 1.90.